The van der Waals surface area contributed by atoms with E-state index in [-0.39, 0.29) is 23.6 Å². The average molecular weight is 482 g/mol. The van der Waals surface area contributed by atoms with Gasteiger partial charge >= 0.3 is 0 Å². The number of aromatic nitrogens is 1. The lowest BCUT2D eigenvalue weighted by molar-refractivity contribution is -0.139. The Kier molecular flexibility index (Phi) is 6.27. The molecule has 2 heterocycles. The molecule has 180 valence electrons. The molecular weight excluding hydrogens is 458 g/mol. The first kappa shape index (κ1) is 23.0. The van der Waals surface area contributed by atoms with Gasteiger partial charge in [0.25, 0.3) is 11.8 Å². The van der Waals surface area contributed by atoms with Crippen molar-refractivity contribution < 1.29 is 19.2 Å². The molecule has 1 saturated heterocycles. The van der Waals surface area contributed by atoms with Gasteiger partial charge in [-0.1, -0.05) is 24.3 Å². The summed E-state index contributed by atoms with van der Waals surface area (Å²) in [6.07, 6.45) is 7.98. The molecular formula is C27H23N5O4. The number of pyridine rings is 1. The monoisotopic (exact) mass is 481 g/mol. The van der Waals surface area contributed by atoms with Gasteiger partial charge in [-0.15, -0.1) is 0 Å². The average Bonchev–Trinajstić information content (AvgIpc) is 2.91. The number of hydrazine groups is 1. The molecule has 4 amide bonds. The van der Waals surface area contributed by atoms with Crippen LogP contribution in [0.5, 0.6) is 0 Å². The van der Waals surface area contributed by atoms with Crippen molar-refractivity contribution in [1.82, 2.24) is 10.4 Å². The van der Waals surface area contributed by atoms with Crippen molar-refractivity contribution in [3.8, 4) is 0 Å². The molecule has 3 N–H and O–H groups in total. The van der Waals surface area contributed by atoms with Gasteiger partial charge in [0.05, 0.1) is 17.5 Å². The number of hydrogen-bond donors (Lipinski definition) is 3. The number of hydrogen-bond acceptors (Lipinski definition) is 5. The second-order valence-corrected chi connectivity index (χ2v) is 8.58. The fourth-order valence-corrected chi connectivity index (χ4v) is 4.35. The van der Waals surface area contributed by atoms with E-state index >= 15 is 0 Å². The van der Waals surface area contributed by atoms with Crippen LogP contribution in [0.15, 0.2) is 85.2 Å². The highest BCUT2D eigenvalue weighted by Crippen LogP contribution is 2.32. The molecule has 9 nitrogen and oxygen atoms in total. The van der Waals surface area contributed by atoms with Crippen molar-refractivity contribution in [2.24, 2.45) is 11.8 Å². The number of rotatable bonds is 5. The number of amides is 4. The summed E-state index contributed by atoms with van der Waals surface area (Å²) < 4.78 is 0. The van der Waals surface area contributed by atoms with Gasteiger partial charge in [0.15, 0.2) is 0 Å². The molecule has 0 bridgehead atoms. The van der Waals surface area contributed by atoms with Crippen LogP contribution in [0.25, 0.3) is 0 Å². The number of allylic oxidation sites excluding steroid dienone is 2. The van der Waals surface area contributed by atoms with E-state index < -0.39 is 11.8 Å². The standard InChI is InChI=1S/C27H23N5O4/c33-24(17-11-13-28-14-12-17)29-19-6-4-7-20(16-19)30-25(34)18-5-3-8-21(15-18)32-27(36)23-10-2-1-9-22(23)26(35)31-32/h1-8,11-16,22-23H,9-10H2,(H,29,33)(H,30,34)(H,31,35)/t22-,23+/m0/s1. The van der Waals surface area contributed by atoms with Crippen LogP contribution in [-0.4, -0.2) is 28.6 Å². The van der Waals surface area contributed by atoms with Crippen LogP contribution in [-0.2, 0) is 9.59 Å². The highest BCUT2D eigenvalue weighted by molar-refractivity contribution is 6.08. The molecule has 1 fully saturated rings. The number of benzene rings is 2. The third-order valence-electron chi connectivity index (χ3n) is 6.22. The summed E-state index contributed by atoms with van der Waals surface area (Å²) in [6, 6.07) is 16.5. The number of carbonyl (C=O) groups is 4. The van der Waals surface area contributed by atoms with Gasteiger partial charge in [0, 0.05) is 34.9 Å². The van der Waals surface area contributed by atoms with Crippen LogP contribution in [0.4, 0.5) is 17.1 Å². The first-order valence-corrected chi connectivity index (χ1v) is 11.5. The summed E-state index contributed by atoms with van der Waals surface area (Å²) in [4.78, 5) is 54.9. The summed E-state index contributed by atoms with van der Waals surface area (Å²) in [5.41, 5.74) is 4.86. The van der Waals surface area contributed by atoms with Crippen molar-refractivity contribution in [1.29, 1.82) is 0 Å². The van der Waals surface area contributed by atoms with E-state index in [1.807, 2.05) is 12.2 Å². The Labute approximate surface area is 207 Å². The zero-order valence-corrected chi connectivity index (χ0v) is 19.2. The second-order valence-electron chi connectivity index (χ2n) is 8.58. The Morgan fingerprint density at radius 2 is 1.44 bits per heavy atom. The van der Waals surface area contributed by atoms with E-state index in [1.165, 1.54) is 17.4 Å². The van der Waals surface area contributed by atoms with E-state index in [0.29, 0.717) is 41.0 Å². The van der Waals surface area contributed by atoms with Crippen molar-refractivity contribution in [2.75, 3.05) is 15.6 Å². The molecule has 1 aliphatic heterocycles. The smallest absolute Gasteiger partial charge is 0.255 e. The number of fused-ring (bicyclic) bond motifs is 1. The summed E-state index contributed by atoms with van der Waals surface area (Å²) in [5.74, 6) is -1.87. The third kappa shape index (κ3) is 4.72. The molecule has 2 aromatic carbocycles. The van der Waals surface area contributed by atoms with Crippen LogP contribution in [0.1, 0.15) is 33.6 Å². The van der Waals surface area contributed by atoms with Crippen molar-refractivity contribution in [3.05, 3.63) is 96.3 Å². The van der Waals surface area contributed by atoms with Crippen molar-refractivity contribution in [2.45, 2.75) is 12.8 Å². The van der Waals surface area contributed by atoms with Crippen LogP contribution < -0.4 is 21.1 Å². The Hall–Kier alpha value is -4.79. The van der Waals surface area contributed by atoms with Gasteiger partial charge < -0.3 is 10.6 Å². The van der Waals surface area contributed by atoms with Crippen LogP contribution in [0.3, 0.4) is 0 Å². The Bertz CT molecular complexity index is 1370. The normalized spacial score (nSPS) is 18.7. The van der Waals surface area contributed by atoms with Crippen LogP contribution >= 0.6 is 0 Å². The minimum atomic E-state index is -0.411. The molecule has 0 saturated carbocycles. The molecule has 2 aliphatic rings. The Morgan fingerprint density at radius 3 is 2.17 bits per heavy atom. The van der Waals surface area contributed by atoms with E-state index in [2.05, 4.69) is 21.0 Å². The molecule has 9 heteroatoms. The minimum absolute atomic E-state index is 0.195. The van der Waals surface area contributed by atoms with Gasteiger partial charge in [0.2, 0.25) is 11.8 Å². The SMILES string of the molecule is O=C(Nc1cccc(NC(=O)c2cccc(N3NC(=O)[C@H]4CC=CC[C@H]4C3=O)c2)c1)c1ccncc1. The second kappa shape index (κ2) is 9.83. The highest BCUT2D eigenvalue weighted by Gasteiger charge is 2.42. The molecule has 36 heavy (non-hydrogen) atoms. The fourth-order valence-electron chi connectivity index (χ4n) is 4.35. The first-order chi connectivity index (χ1) is 17.5. The number of nitrogens with one attached hydrogen (secondary N) is 3. The lowest BCUT2D eigenvalue weighted by Crippen LogP contribution is -2.59. The maximum atomic E-state index is 13.0. The summed E-state index contributed by atoms with van der Waals surface area (Å²) >= 11 is 0. The largest absolute Gasteiger partial charge is 0.322 e. The lowest BCUT2D eigenvalue weighted by atomic mass is 9.80. The van der Waals surface area contributed by atoms with Gasteiger partial charge in [-0.05, 0) is 61.4 Å². The van der Waals surface area contributed by atoms with Gasteiger partial charge in [0.1, 0.15) is 0 Å². The van der Waals surface area contributed by atoms with E-state index in [0.717, 1.165) is 0 Å². The predicted octanol–water partition coefficient (Wildman–Crippen LogP) is 3.55. The number of anilines is 3. The van der Waals surface area contributed by atoms with Crippen LogP contribution in [0, 0.1) is 11.8 Å². The van der Waals surface area contributed by atoms with Gasteiger partial charge in [-0.3, -0.25) is 29.6 Å². The molecule has 1 aromatic heterocycles. The molecule has 1 aliphatic carbocycles. The van der Waals surface area contributed by atoms with E-state index in [9.17, 15) is 19.2 Å². The minimum Gasteiger partial charge on any atom is -0.322 e. The molecule has 0 spiro atoms. The highest BCUT2D eigenvalue weighted by atomic mass is 16.2. The molecule has 0 radical (unpaired) electrons. The fraction of sp³-hybridized carbons (Fsp3) is 0.148. The summed E-state index contributed by atoms with van der Waals surface area (Å²) in [7, 11) is 0. The summed E-state index contributed by atoms with van der Waals surface area (Å²) in [5, 5.41) is 6.83. The van der Waals surface area contributed by atoms with Gasteiger partial charge in [-0.25, -0.2) is 5.01 Å². The Balaban J connectivity index is 1.29. The van der Waals surface area contributed by atoms with E-state index in [1.54, 1.807) is 60.7 Å². The maximum Gasteiger partial charge on any atom is 0.255 e. The van der Waals surface area contributed by atoms with Gasteiger partial charge in [-0.2, -0.15) is 0 Å². The Morgan fingerprint density at radius 1 is 0.806 bits per heavy atom. The maximum absolute atomic E-state index is 13.0. The van der Waals surface area contributed by atoms with E-state index in [4.69, 9.17) is 0 Å². The predicted molar refractivity (Wildman–Crippen MR) is 134 cm³/mol. The summed E-state index contributed by atoms with van der Waals surface area (Å²) in [6.45, 7) is 0. The zero-order valence-electron chi connectivity index (χ0n) is 19.2. The lowest BCUT2D eigenvalue weighted by Gasteiger charge is -2.38. The molecule has 5 rings (SSSR count). The topological polar surface area (TPSA) is 120 Å². The molecule has 2 atom stereocenters. The quantitative estimate of drug-likeness (QED) is 0.482. The molecule has 3 aromatic rings. The number of carbonyl (C=O) groups excluding carboxylic acids is 4. The van der Waals surface area contributed by atoms with Crippen molar-refractivity contribution >= 4 is 40.7 Å². The zero-order chi connectivity index (χ0) is 25.1. The van der Waals surface area contributed by atoms with Crippen molar-refractivity contribution in [3.63, 3.8) is 0 Å². The van der Waals surface area contributed by atoms with Crippen LogP contribution in [0.2, 0.25) is 0 Å². The molecule has 0 unspecified atom stereocenters. The first-order valence-electron chi connectivity index (χ1n) is 11.5. The third-order valence-corrected chi connectivity index (χ3v) is 6.22. The number of nitrogens with zero attached hydrogens (tertiary/aromatic N) is 2.